The molecule has 0 radical (unpaired) electrons. The number of aromatic nitrogens is 1. The van der Waals surface area contributed by atoms with E-state index in [1.54, 1.807) is 6.08 Å². The number of nitrogens with one attached hydrogen (secondary N) is 1. The van der Waals surface area contributed by atoms with Gasteiger partial charge in [-0.1, -0.05) is 18.2 Å². The van der Waals surface area contributed by atoms with Crippen molar-refractivity contribution in [2.45, 2.75) is 26.2 Å². The summed E-state index contributed by atoms with van der Waals surface area (Å²) in [5, 5.41) is 1.13. The molecule has 0 bridgehead atoms. The standard InChI is InChI=1S/C16H15NO2/c1-10-11-5-2-3-6-13(11)17-14(10)9-12-15(18)7-4-8-16(12)19/h2-3,5-6,9,17H,4,7-8H2,1H3. The molecule has 1 aliphatic carbocycles. The zero-order valence-electron chi connectivity index (χ0n) is 10.8. The predicted octanol–water partition coefficient (Wildman–Crippen LogP) is 3.18. The summed E-state index contributed by atoms with van der Waals surface area (Å²) in [5.41, 5.74) is 3.32. The Morgan fingerprint density at radius 3 is 2.47 bits per heavy atom. The molecule has 0 spiro atoms. The van der Waals surface area contributed by atoms with E-state index in [1.807, 2.05) is 31.2 Å². The van der Waals surface area contributed by atoms with Crippen LogP contribution < -0.4 is 0 Å². The minimum Gasteiger partial charge on any atom is -0.355 e. The molecule has 2 aromatic rings. The van der Waals surface area contributed by atoms with Gasteiger partial charge in [0.15, 0.2) is 11.6 Å². The van der Waals surface area contributed by atoms with E-state index in [-0.39, 0.29) is 11.6 Å². The summed E-state index contributed by atoms with van der Waals surface area (Å²) >= 11 is 0. The molecule has 3 heteroatoms. The number of benzene rings is 1. The van der Waals surface area contributed by atoms with E-state index in [0.29, 0.717) is 24.8 Å². The summed E-state index contributed by atoms with van der Waals surface area (Å²) in [6.07, 6.45) is 3.37. The molecule has 0 aliphatic heterocycles. The van der Waals surface area contributed by atoms with Gasteiger partial charge in [0.25, 0.3) is 0 Å². The summed E-state index contributed by atoms with van der Waals surface area (Å²) < 4.78 is 0. The number of aryl methyl sites for hydroxylation is 1. The normalized spacial score (nSPS) is 16.2. The Kier molecular flexibility index (Phi) is 2.82. The fourth-order valence-electron chi connectivity index (χ4n) is 2.59. The lowest BCUT2D eigenvalue weighted by Crippen LogP contribution is -2.18. The zero-order valence-corrected chi connectivity index (χ0v) is 10.8. The van der Waals surface area contributed by atoms with Gasteiger partial charge in [0.2, 0.25) is 0 Å². The number of carbonyl (C=O) groups excluding carboxylic acids is 2. The highest BCUT2D eigenvalue weighted by atomic mass is 16.1. The maximum atomic E-state index is 11.8. The third kappa shape index (κ3) is 2.01. The van der Waals surface area contributed by atoms with Gasteiger partial charge in [-0.25, -0.2) is 0 Å². The van der Waals surface area contributed by atoms with Crippen molar-refractivity contribution >= 4 is 28.5 Å². The average Bonchev–Trinajstić information content (AvgIpc) is 2.72. The second-order valence-electron chi connectivity index (χ2n) is 4.97. The largest absolute Gasteiger partial charge is 0.355 e. The van der Waals surface area contributed by atoms with Gasteiger partial charge < -0.3 is 4.98 Å². The Balaban J connectivity index is 2.12. The van der Waals surface area contributed by atoms with Crippen LogP contribution in [0.4, 0.5) is 0 Å². The fourth-order valence-corrected chi connectivity index (χ4v) is 2.59. The molecule has 1 fully saturated rings. The first-order valence-corrected chi connectivity index (χ1v) is 6.52. The summed E-state index contributed by atoms with van der Waals surface area (Å²) in [6.45, 7) is 2.00. The van der Waals surface area contributed by atoms with Crippen molar-refractivity contribution < 1.29 is 9.59 Å². The summed E-state index contributed by atoms with van der Waals surface area (Å²) in [5.74, 6) is -0.0661. The van der Waals surface area contributed by atoms with Gasteiger partial charge in [-0.2, -0.15) is 0 Å². The number of rotatable bonds is 1. The molecule has 3 rings (SSSR count). The first-order valence-electron chi connectivity index (χ1n) is 6.52. The number of fused-ring (bicyclic) bond motifs is 1. The quantitative estimate of drug-likeness (QED) is 0.626. The highest BCUT2D eigenvalue weighted by Gasteiger charge is 2.23. The molecule has 0 unspecified atom stereocenters. The number of Topliss-reactive ketones (excluding diaryl/α,β-unsaturated/α-hetero) is 2. The topological polar surface area (TPSA) is 49.9 Å². The van der Waals surface area contributed by atoms with Crippen LogP contribution in [0.5, 0.6) is 0 Å². The molecular formula is C16H15NO2. The van der Waals surface area contributed by atoms with Gasteiger partial charge in [-0.15, -0.1) is 0 Å². The molecule has 0 atom stereocenters. The molecule has 1 aromatic heterocycles. The fraction of sp³-hybridized carbons (Fsp3) is 0.250. The van der Waals surface area contributed by atoms with Crippen LogP contribution in [-0.4, -0.2) is 16.6 Å². The highest BCUT2D eigenvalue weighted by molar-refractivity contribution is 6.24. The van der Waals surface area contributed by atoms with Crippen molar-refractivity contribution in [2.24, 2.45) is 0 Å². The van der Waals surface area contributed by atoms with Gasteiger partial charge in [0.1, 0.15) is 0 Å². The molecule has 1 aromatic carbocycles. The molecule has 1 saturated carbocycles. The first kappa shape index (κ1) is 11.9. The molecule has 0 amide bonds. The van der Waals surface area contributed by atoms with E-state index in [0.717, 1.165) is 22.2 Å². The summed E-state index contributed by atoms with van der Waals surface area (Å²) in [4.78, 5) is 26.9. The molecule has 3 nitrogen and oxygen atoms in total. The molecule has 1 aliphatic rings. The summed E-state index contributed by atoms with van der Waals surface area (Å²) in [7, 11) is 0. The van der Waals surface area contributed by atoms with Crippen LogP contribution in [-0.2, 0) is 9.59 Å². The van der Waals surface area contributed by atoms with Crippen molar-refractivity contribution in [3.8, 4) is 0 Å². The van der Waals surface area contributed by atoms with Crippen molar-refractivity contribution in [1.29, 1.82) is 0 Å². The second-order valence-corrected chi connectivity index (χ2v) is 4.97. The van der Waals surface area contributed by atoms with Crippen LogP contribution in [0.2, 0.25) is 0 Å². The number of aromatic amines is 1. The SMILES string of the molecule is Cc1c(C=C2C(=O)CCCC2=O)[nH]c2ccccc12. The van der Waals surface area contributed by atoms with Gasteiger partial charge in [-0.3, -0.25) is 9.59 Å². The van der Waals surface area contributed by atoms with E-state index < -0.39 is 0 Å². The Morgan fingerprint density at radius 2 is 1.79 bits per heavy atom. The molecule has 96 valence electrons. The number of hydrogen-bond donors (Lipinski definition) is 1. The van der Waals surface area contributed by atoms with Gasteiger partial charge in [0, 0.05) is 29.4 Å². The number of allylic oxidation sites excluding steroid dienone is 1. The van der Waals surface area contributed by atoms with Crippen LogP contribution in [0, 0.1) is 6.92 Å². The maximum absolute atomic E-state index is 11.8. The van der Waals surface area contributed by atoms with Crippen molar-refractivity contribution in [2.75, 3.05) is 0 Å². The lowest BCUT2D eigenvalue weighted by atomic mass is 9.91. The third-order valence-electron chi connectivity index (χ3n) is 3.70. The molecule has 19 heavy (non-hydrogen) atoms. The number of H-pyrrole nitrogens is 1. The zero-order chi connectivity index (χ0) is 13.4. The van der Waals surface area contributed by atoms with Crippen LogP contribution in [0.15, 0.2) is 29.8 Å². The van der Waals surface area contributed by atoms with E-state index in [1.165, 1.54) is 0 Å². The molecule has 1 heterocycles. The molecular weight excluding hydrogens is 238 g/mol. The predicted molar refractivity (Wildman–Crippen MR) is 74.9 cm³/mol. The number of ketones is 2. The van der Waals surface area contributed by atoms with E-state index in [2.05, 4.69) is 4.98 Å². The number of carbonyl (C=O) groups is 2. The Hall–Kier alpha value is -2.16. The minimum absolute atomic E-state index is 0.0330. The number of para-hydroxylation sites is 1. The average molecular weight is 253 g/mol. The Morgan fingerprint density at radius 1 is 1.11 bits per heavy atom. The van der Waals surface area contributed by atoms with E-state index in [4.69, 9.17) is 0 Å². The lowest BCUT2D eigenvalue weighted by Gasteiger charge is -2.11. The smallest absolute Gasteiger partial charge is 0.166 e. The lowest BCUT2D eigenvalue weighted by molar-refractivity contribution is -0.123. The van der Waals surface area contributed by atoms with Gasteiger partial charge in [-0.05, 0) is 31.1 Å². The van der Waals surface area contributed by atoms with Crippen molar-refractivity contribution in [3.05, 3.63) is 41.1 Å². The Bertz CT molecular complexity index is 689. The third-order valence-corrected chi connectivity index (χ3v) is 3.70. The van der Waals surface area contributed by atoms with Crippen LogP contribution >= 0.6 is 0 Å². The van der Waals surface area contributed by atoms with Crippen LogP contribution in [0.1, 0.15) is 30.5 Å². The first-order chi connectivity index (χ1) is 9.16. The monoisotopic (exact) mass is 253 g/mol. The molecule has 1 N–H and O–H groups in total. The van der Waals surface area contributed by atoms with E-state index >= 15 is 0 Å². The summed E-state index contributed by atoms with van der Waals surface area (Å²) in [6, 6.07) is 7.98. The second kappa shape index (κ2) is 4.50. The van der Waals surface area contributed by atoms with Crippen molar-refractivity contribution in [3.63, 3.8) is 0 Å². The molecule has 0 saturated heterocycles. The van der Waals surface area contributed by atoms with Crippen LogP contribution in [0.25, 0.3) is 17.0 Å². The highest BCUT2D eigenvalue weighted by Crippen LogP contribution is 2.25. The Labute approximate surface area is 111 Å². The number of hydrogen-bond acceptors (Lipinski definition) is 2. The van der Waals surface area contributed by atoms with Gasteiger partial charge >= 0.3 is 0 Å². The van der Waals surface area contributed by atoms with Crippen LogP contribution in [0.3, 0.4) is 0 Å². The minimum atomic E-state index is -0.0330. The maximum Gasteiger partial charge on any atom is 0.166 e. The van der Waals surface area contributed by atoms with Crippen molar-refractivity contribution in [1.82, 2.24) is 4.98 Å². The van der Waals surface area contributed by atoms with Gasteiger partial charge in [0.05, 0.1) is 5.57 Å². The van der Waals surface area contributed by atoms with E-state index in [9.17, 15) is 9.59 Å².